The highest BCUT2D eigenvalue weighted by atomic mass is 35.5. The third-order valence-corrected chi connectivity index (χ3v) is 5.30. The van der Waals surface area contributed by atoms with Crippen LogP contribution in [-0.2, 0) is 4.79 Å². The molecule has 0 spiro atoms. The van der Waals surface area contributed by atoms with Gasteiger partial charge in [-0.3, -0.25) is 4.79 Å². The molecule has 1 aromatic carbocycles. The van der Waals surface area contributed by atoms with Gasteiger partial charge in [-0.1, -0.05) is 17.7 Å². The van der Waals surface area contributed by atoms with Gasteiger partial charge in [-0.2, -0.15) is 5.10 Å². The van der Waals surface area contributed by atoms with Gasteiger partial charge in [0, 0.05) is 27.8 Å². The fourth-order valence-corrected chi connectivity index (χ4v) is 4.01. The second kappa shape index (κ2) is 5.51. The molecule has 116 valence electrons. The van der Waals surface area contributed by atoms with E-state index in [-0.39, 0.29) is 11.8 Å². The van der Waals surface area contributed by atoms with Crippen LogP contribution in [0.1, 0.15) is 28.5 Å². The van der Waals surface area contributed by atoms with Crippen LogP contribution >= 0.6 is 22.9 Å². The fraction of sp³-hybridized carbons (Fsp3) is 0.176. The molecule has 6 heteroatoms. The molecule has 1 aliphatic rings. The van der Waals surface area contributed by atoms with Crippen molar-refractivity contribution in [1.82, 2.24) is 9.78 Å². The van der Waals surface area contributed by atoms with Crippen molar-refractivity contribution in [1.29, 1.82) is 0 Å². The number of nitrogens with zero attached hydrogens (tertiary/aromatic N) is 2. The number of rotatable bonds is 2. The van der Waals surface area contributed by atoms with E-state index < -0.39 is 0 Å². The Morgan fingerprint density at radius 1 is 1.30 bits per heavy atom. The minimum absolute atomic E-state index is 0.0195. The van der Waals surface area contributed by atoms with Crippen LogP contribution in [0.2, 0.25) is 5.02 Å². The van der Waals surface area contributed by atoms with Crippen LogP contribution < -0.4 is 5.32 Å². The number of aryl methyl sites for hydroxylation is 1. The van der Waals surface area contributed by atoms with E-state index in [1.54, 1.807) is 16.0 Å². The first-order chi connectivity index (χ1) is 11.1. The summed E-state index contributed by atoms with van der Waals surface area (Å²) < 4.78 is 1.79. The van der Waals surface area contributed by atoms with Crippen molar-refractivity contribution in [3.8, 4) is 5.69 Å². The average Bonchev–Trinajstić information content (AvgIpc) is 3.16. The quantitative estimate of drug-likeness (QED) is 0.751. The minimum Gasteiger partial charge on any atom is -0.310 e. The van der Waals surface area contributed by atoms with Crippen LogP contribution in [0.4, 0.5) is 5.82 Å². The molecule has 1 aliphatic heterocycles. The summed E-state index contributed by atoms with van der Waals surface area (Å²) >= 11 is 7.64. The van der Waals surface area contributed by atoms with Crippen LogP contribution in [0, 0.1) is 6.92 Å². The molecule has 0 radical (unpaired) electrons. The topological polar surface area (TPSA) is 46.9 Å². The van der Waals surface area contributed by atoms with Crippen molar-refractivity contribution in [2.75, 3.05) is 5.32 Å². The summed E-state index contributed by atoms with van der Waals surface area (Å²) in [5.41, 5.74) is 2.92. The Kier molecular flexibility index (Phi) is 3.47. The number of hydrogen-bond acceptors (Lipinski definition) is 3. The number of fused-ring (bicyclic) bond motifs is 1. The number of hydrogen-bond donors (Lipinski definition) is 1. The molecule has 3 aromatic rings. The largest absolute Gasteiger partial charge is 0.310 e. The lowest BCUT2D eigenvalue weighted by Crippen LogP contribution is -2.24. The zero-order valence-corrected chi connectivity index (χ0v) is 14.0. The number of nitrogens with one attached hydrogen (secondary N) is 1. The average molecular weight is 344 g/mol. The molecule has 0 fully saturated rings. The Balaban J connectivity index is 1.88. The molecule has 4 rings (SSSR count). The van der Waals surface area contributed by atoms with Gasteiger partial charge in [0.15, 0.2) is 0 Å². The lowest BCUT2D eigenvalue weighted by atomic mass is 9.91. The van der Waals surface area contributed by atoms with Crippen molar-refractivity contribution < 1.29 is 4.79 Å². The Morgan fingerprint density at radius 3 is 2.78 bits per heavy atom. The summed E-state index contributed by atoms with van der Waals surface area (Å²) in [6.45, 7) is 1.99. The highest BCUT2D eigenvalue weighted by Gasteiger charge is 2.33. The Morgan fingerprint density at radius 2 is 2.09 bits per heavy atom. The van der Waals surface area contributed by atoms with E-state index in [1.165, 1.54) is 4.88 Å². The van der Waals surface area contributed by atoms with E-state index in [0.29, 0.717) is 11.4 Å². The van der Waals surface area contributed by atoms with Gasteiger partial charge < -0.3 is 5.32 Å². The molecule has 3 heterocycles. The van der Waals surface area contributed by atoms with Gasteiger partial charge in [0.25, 0.3) is 0 Å². The third kappa shape index (κ3) is 2.46. The molecule has 0 bridgehead atoms. The molecule has 0 saturated carbocycles. The van der Waals surface area contributed by atoms with Crippen molar-refractivity contribution >= 4 is 34.7 Å². The highest BCUT2D eigenvalue weighted by Crippen LogP contribution is 2.41. The molecule has 2 aromatic heterocycles. The van der Waals surface area contributed by atoms with E-state index in [9.17, 15) is 4.79 Å². The van der Waals surface area contributed by atoms with Crippen molar-refractivity contribution in [2.45, 2.75) is 19.3 Å². The van der Waals surface area contributed by atoms with Crippen molar-refractivity contribution in [3.05, 3.63) is 62.9 Å². The highest BCUT2D eigenvalue weighted by molar-refractivity contribution is 7.10. The SMILES string of the molecule is Cc1nn(-c2ccc(Cl)cc2)c2c1C(c1cccs1)CC(=O)N2. The monoisotopic (exact) mass is 343 g/mol. The lowest BCUT2D eigenvalue weighted by molar-refractivity contribution is -0.116. The molecule has 1 amide bonds. The minimum atomic E-state index is 0.0195. The number of benzene rings is 1. The van der Waals surface area contributed by atoms with E-state index >= 15 is 0 Å². The van der Waals surface area contributed by atoms with Crippen LogP contribution in [-0.4, -0.2) is 15.7 Å². The van der Waals surface area contributed by atoms with E-state index in [4.69, 9.17) is 11.6 Å². The van der Waals surface area contributed by atoms with Gasteiger partial charge in [-0.15, -0.1) is 11.3 Å². The first kappa shape index (κ1) is 14.5. The van der Waals surface area contributed by atoms with Crippen LogP contribution in [0.5, 0.6) is 0 Å². The first-order valence-corrected chi connectivity index (χ1v) is 8.58. The van der Waals surface area contributed by atoms with E-state index in [0.717, 1.165) is 22.8 Å². The molecule has 0 aliphatic carbocycles. The van der Waals surface area contributed by atoms with Gasteiger partial charge in [-0.25, -0.2) is 4.68 Å². The molecular formula is C17H14ClN3OS. The number of carbonyl (C=O) groups excluding carboxylic acids is 1. The normalized spacial score (nSPS) is 17.0. The number of aromatic nitrogens is 2. The zero-order chi connectivity index (χ0) is 16.0. The zero-order valence-electron chi connectivity index (χ0n) is 12.4. The summed E-state index contributed by atoms with van der Waals surface area (Å²) in [5.74, 6) is 0.852. The van der Waals surface area contributed by atoms with Gasteiger partial charge in [0.2, 0.25) is 5.91 Å². The standard InChI is InChI=1S/C17H14ClN3OS/c1-10-16-13(14-3-2-8-23-14)9-15(22)19-17(16)21(20-10)12-6-4-11(18)5-7-12/h2-8,13H,9H2,1H3,(H,19,22). The molecule has 23 heavy (non-hydrogen) atoms. The Bertz CT molecular complexity index is 868. The summed E-state index contributed by atoms with van der Waals surface area (Å²) in [6, 6.07) is 11.5. The Labute approximate surface area is 142 Å². The fourth-order valence-electron chi connectivity index (χ4n) is 3.05. The van der Waals surface area contributed by atoms with Crippen LogP contribution in [0.3, 0.4) is 0 Å². The number of thiophene rings is 1. The van der Waals surface area contributed by atoms with Crippen LogP contribution in [0.25, 0.3) is 5.69 Å². The molecule has 4 nitrogen and oxygen atoms in total. The predicted molar refractivity (Wildman–Crippen MR) is 92.7 cm³/mol. The summed E-state index contributed by atoms with van der Waals surface area (Å²) in [6.07, 6.45) is 0.459. The second-order valence-corrected chi connectivity index (χ2v) is 6.97. The summed E-state index contributed by atoms with van der Waals surface area (Å²) in [7, 11) is 0. The van der Waals surface area contributed by atoms with E-state index in [2.05, 4.69) is 16.5 Å². The third-order valence-electron chi connectivity index (χ3n) is 4.06. The predicted octanol–water partition coefficient (Wildman–Crippen LogP) is 4.37. The van der Waals surface area contributed by atoms with Crippen molar-refractivity contribution in [3.63, 3.8) is 0 Å². The summed E-state index contributed by atoms with van der Waals surface area (Å²) in [5, 5.41) is 10.4. The molecule has 1 N–H and O–H groups in total. The smallest absolute Gasteiger partial charge is 0.226 e. The van der Waals surface area contributed by atoms with Gasteiger partial charge in [0.05, 0.1) is 11.4 Å². The van der Waals surface area contributed by atoms with Gasteiger partial charge >= 0.3 is 0 Å². The number of anilines is 1. The summed E-state index contributed by atoms with van der Waals surface area (Å²) in [4.78, 5) is 13.4. The first-order valence-electron chi connectivity index (χ1n) is 7.32. The second-order valence-electron chi connectivity index (χ2n) is 5.56. The van der Waals surface area contributed by atoms with Gasteiger partial charge in [0.1, 0.15) is 5.82 Å². The maximum atomic E-state index is 12.2. The number of halogens is 1. The van der Waals surface area contributed by atoms with Gasteiger partial charge in [-0.05, 0) is 42.6 Å². The maximum absolute atomic E-state index is 12.2. The number of amides is 1. The number of carbonyl (C=O) groups is 1. The Hall–Kier alpha value is -2.11. The molecular weight excluding hydrogens is 330 g/mol. The molecule has 1 unspecified atom stereocenters. The van der Waals surface area contributed by atoms with Crippen molar-refractivity contribution in [2.24, 2.45) is 0 Å². The molecule has 0 saturated heterocycles. The maximum Gasteiger partial charge on any atom is 0.226 e. The van der Waals surface area contributed by atoms with Crippen LogP contribution in [0.15, 0.2) is 41.8 Å². The molecule has 1 atom stereocenters. The lowest BCUT2D eigenvalue weighted by Gasteiger charge is -2.23. The van der Waals surface area contributed by atoms with E-state index in [1.807, 2.05) is 42.6 Å².